The zero-order valence-corrected chi connectivity index (χ0v) is 11.7. The molecule has 1 aromatic carbocycles. The average molecular weight is 278 g/mol. The first-order valence-corrected chi connectivity index (χ1v) is 7.01. The summed E-state index contributed by atoms with van der Waals surface area (Å²) in [4.78, 5) is 12.3. The van der Waals surface area contributed by atoms with Crippen molar-refractivity contribution in [3.63, 3.8) is 0 Å². The second-order valence-electron chi connectivity index (χ2n) is 5.79. The third kappa shape index (κ3) is 2.88. The first-order chi connectivity index (χ1) is 9.47. The lowest BCUT2D eigenvalue weighted by molar-refractivity contribution is 0.0854. The van der Waals surface area contributed by atoms with Gasteiger partial charge in [-0.15, -0.1) is 0 Å². The Balaban J connectivity index is 2.18. The molecule has 2 rings (SSSR count). The molecule has 1 aliphatic rings. The zero-order chi connectivity index (χ0) is 14.8. The second kappa shape index (κ2) is 5.71. The molecule has 0 atom stereocenters. The molecule has 1 fully saturated rings. The van der Waals surface area contributed by atoms with Gasteiger partial charge in [0.1, 0.15) is 17.1 Å². The SMILES string of the molecule is CC1CCC(CN)(NC(=O)c2c(O)cccc2O)CC1. The highest BCUT2D eigenvalue weighted by Crippen LogP contribution is 2.33. The maximum Gasteiger partial charge on any atom is 0.259 e. The minimum absolute atomic E-state index is 0.0843. The van der Waals surface area contributed by atoms with Crippen LogP contribution in [0.1, 0.15) is 43.0 Å². The third-order valence-corrected chi connectivity index (χ3v) is 4.25. The molecule has 0 aromatic heterocycles. The minimum atomic E-state index is -0.472. The Hall–Kier alpha value is -1.75. The lowest BCUT2D eigenvalue weighted by Gasteiger charge is -2.39. The van der Waals surface area contributed by atoms with Gasteiger partial charge in [-0.3, -0.25) is 4.79 Å². The van der Waals surface area contributed by atoms with Crippen molar-refractivity contribution in [1.29, 1.82) is 0 Å². The van der Waals surface area contributed by atoms with E-state index in [4.69, 9.17) is 5.73 Å². The van der Waals surface area contributed by atoms with Crippen LogP contribution in [-0.2, 0) is 0 Å². The normalized spacial score (nSPS) is 26.2. The number of amides is 1. The smallest absolute Gasteiger partial charge is 0.259 e. The minimum Gasteiger partial charge on any atom is -0.507 e. The van der Waals surface area contributed by atoms with E-state index < -0.39 is 11.4 Å². The van der Waals surface area contributed by atoms with Crippen molar-refractivity contribution in [3.8, 4) is 11.5 Å². The summed E-state index contributed by atoms with van der Waals surface area (Å²) in [7, 11) is 0. The molecular weight excluding hydrogens is 256 g/mol. The maximum absolute atomic E-state index is 12.3. The van der Waals surface area contributed by atoms with Crippen LogP contribution >= 0.6 is 0 Å². The number of carbonyl (C=O) groups excluding carboxylic acids is 1. The second-order valence-corrected chi connectivity index (χ2v) is 5.79. The van der Waals surface area contributed by atoms with Crippen molar-refractivity contribution in [3.05, 3.63) is 23.8 Å². The van der Waals surface area contributed by atoms with Gasteiger partial charge in [-0.2, -0.15) is 0 Å². The summed E-state index contributed by atoms with van der Waals surface area (Å²) >= 11 is 0. The van der Waals surface area contributed by atoms with Crippen LogP contribution in [0.5, 0.6) is 11.5 Å². The highest BCUT2D eigenvalue weighted by Gasteiger charge is 2.35. The van der Waals surface area contributed by atoms with Crippen molar-refractivity contribution < 1.29 is 15.0 Å². The van der Waals surface area contributed by atoms with Gasteiger partial charge in [-0.05, 0) is 43.7 Å². The molecule has 1 aliphatic carbocycles. The van der Waals surface area contributed by atoms with Gasteiger partial charge in [0.15, 0.2) is 0 Å². The first kappa shape index (κ1) is 14.7. The van der Waals surface area contributed by atoms with E-state index >= 15 is 0 Å². The number of phenols is 2. The monoisotopic (exact) mass is 278 g/mol. The van der Waals surface area contributed by atoms with Crippen LogP contribution in [-0.4, -0.2) is 28.2 Å². The molecule has 1 aromatic rings. The van der Waals surface area contributed by atoms with Crippen molar-refractivity contribution in [2.24, 2.45) is 11.7 Å². The Morgan fingerprint density at radius 2 is 1.90 bits per heavy atom. The molecule has 110 valence electrons. The van der Waals surface area contributed by atoms with E-state index in [1.54, 1.807) is 0 Å². The number of phenolic OH excluding ortho intramolecular Hbond substituents is 2. The van der Waals surface area contributed by atoms with Gasteiger partial charge < -0.3 is 21.3 Å². The summed E-state index contributed by atoms with van der Waals surface area (Å²) in [5.74, 6) is -0.275. The molecule has 0 bridgehead atoms. The van der Waals surface area contributed by atoms with E-state index in [1.165, 1.54) is 18.2 Å². The van der Waals surface area contributed by atoms with Crippen LogP contribution in [0.3, 0.4) is 0 Å². The van der Waals surface area contributed by atoms with Crippen LogP contribution in [0.4, 0.5) is 0 Å². The number of aromatic hydroxyl groups is 2. The van der Waals surface area contributed by atoms with E-state index in [0.717, 1.165) is 25.7 Å². The van der Waals surface area contributed by atoms with Gasteiger partial charge in [-0.25, -0.2) is 0 Å². The zero-order valence-electron chi connectivity index (χ0n) is 11.7. The molecule has 0 saturated heterocycles. The molecule has 0 radical (unpaired) electrons. The van der Waals surface area contributed by atoms with E-state index in [2.05, 4.69) is 12.2 Å². The topological polar surface area (TPSA) is 95.6 Å². The van der Waals surface area contributed by atoms with E-state index in [1.807, 2.05) is 0 Å². The fraction of sp³-hybridized carbons (Fsp3) is 0.533. The molecule has 0 heterocycles. The predicted molar refractivity (Wildman–Crippen MR) is 76.7 cm³/mol. The van der Waals surface area contributed by atoms with Crippen LogP contribution in [0.25, 0.3) is 0 Å². The highest BCUT2D eigenvalue weighted by molar-refractivity contribution is 5.99. The van der Waals surface area contributed by atoms with Gasteiger partial charge in [0.05, 0.1) is 5.54 Å². The molecule has 1 amide bonds. The van der Waals surface area contributed by atoms with E-state index in [-0.39, 0.29) is 17.1 Å². The molecule has 0 aliphatic heterocycles. The van der Waals surface area contributed by atoms with Gasteiger partial charge in [-0.1, -0.05) is 13.0 Å². The van der Waals surface area contributed by atoms with Crippen molar-refractivity contribution in [2.45, 2.75) is 38.1 Å². The molecule has 0 spiro atoms. The Morgan fingerprint density at radius 1 is 1.35 bits per heavy atom. The third-order valence-electron chi connectivity index (χ3n) is 4.25. The van der Waals surface area contributed by atoms with Crippen LogP contribution in [0.2, 0.25) is 0 Å². The lowest BCUT2D eigenvalue weighted by Crippen LogP contribution is -2.55. The van der Waals surface area contributed by atoms with Gasteiger partial charge in [0, 0.05) is 6.54 Å². The average Bonchev–Trinajstić information content (AvgIpc) is 2.41. The Bertz CT molecular complexity index is 474. The lowest BCUT2D eigenvalue weighted by atomic mass is 9.77. The van der Waals surface area contributed by atoms with E-state index in [9.17, 15) is 15.0 Å². The fourth-order valence-corrected chi connectivity index (χ4v) is 2.76. The van der Waals surface area contributed by atoms with Crippen molar-refractivity contribution >= 4 is 5.91 Å². The number of hydrogen-bond donors (Lipinski definition) is 4. The largest absolute Gasteiger partial charge is 0.507 e. The summed E-state index contributed by atoms with van der Waals surface area (Å²) in [6.45, 7) is 2.55. The molecular formula is C15H22N2O3. The Kier molecular flexibility index (Phi) is 4.18. The summed E-state index contributed by atoms with van der Waals surface area (Å²) < 4.78 is 0. The van der Waals surface area contributed by atoms with Crippen molar-refractivity contribution in [1.82, 2.24) is 5.32 Å². The summed E-state index contributed by atoms with van der Waals surface area (Å²) in [6, 6.07) is 4.25. The number of hydrogen-bond acceptors (Lipinski definition) is 4. The molecule has 5 N–H and O–H groups in total. The summed E-state index contributed by atoms with van der Waals surface area (Å²) in [5.41, 5.74) is 5.33. The van der Waals surface area contributed by atoms with Crippen LogP contribution in [0, 0.1) is 5.92 Å². The molecule has 5 nitrogen and oxygen atoms in total. The Morgan fingerprint density at radius 3 is 2.40 bits per heavy atom. The summed E-state index contributed by atoms with van der Waals surface area (Å²) in [6.07, 6.45) is 3.68. The standard InChI is InChI=1S/C15H22N2O3/c1-10-5-7-15(9-16,8-6-10)17-14(20)13-11(18)3-2-4-12(13)19/h2-4,10,18-19H,5-9,16H2,1H3,(H,17,20). The predicted octanol–water partition coefficient (Wildman–Crippen LogP) is 1.74. The summed E-state index contributed by atoms with van der Waals surface area (Å²) in [5, 5.41) is 22.4. The number of rotatable bonds is 3. The fourth-order valence-electron chi connectivity index (χ4n) is 2.76. The van der Waals surface area contributed by atoms with Gasteiger partial charge in [0.2, 0.25) is 0 Å². The Labute approximate surface area is 118 Å². The molecule has 5 heteroatoms. The molecule has 1 saturated carbocycles. The number of nitrogens with two attached hydrogens (primary N) is 1. The maximum atomic E-state index is 12.3. The quantitative estimate of drug-likeness (QED) is 0.677. The first-order valence-electron chi connectivity index (χ1n) is 7.01. The van der Waals surface area contributed by atoms with Gasteiger partial charge >= 0.3 is 0 Å². The number of nitrogens with one attached hydrogen (secondary N) is 1. The van der Waals surface area contributed by atoms with Crippen LogP contribution < -0.4 is 11.1 Å². The highest BCUT2D eigenvalue weighted by atomic mass is 16.3. The van der Waals surface area contributed by atoms with Crippen molar-refractivity contribution in [2.75, 3.05) is 6.54 Å². The number of carbonyl (C=O) groups is 1. The van der Waals surface area contributed by atoms with E-state index in [0.29, 0.717) is 12.5 Å². The molecule has 0 unspecified atom stereocenters. The number of benzene rings is 1. The molecule has 20 heavy (non-hydrogen) atoms. The van der Waals surface area contributed by atoms with Crippen LogP contribution in [0.15, 0.2) is 18.2 Å². The van der Waals surface area contributed by atoms with Gasteiger partial charge in [0.25, 0.3) is 5.91 Å².